The summed E-state index contributed by atoms with van der Waals surface area (Å²) in [5, 5.41) is 0. The number of fused-ring (bicyclic) bond motifs is 4. The maximum atomic E-state index is 5.62. The van der Waals surface area contributed by atoms with Crippen molar-refractivity contribution in [1.29, 1.82) is 0 Å². The second-order valence-corrected chi connectivity index (χ2v) is 13.4. The van der Waals surface area contributed by atoms with E-state index >= 15 is 0 Å². The van der Waals surface area contributed by atoms with Crippen LogP contribution in [0, 0.1) is 0 Å². The third-order valence-corrected chi connectivity index (χ3v) is 10.0. The molecule has 0 amide bonds. The third kappa shape index (κ3) is 6.47. The number of benzene rings is 4. The summed E-state index contributed by atoms with van der Waals surface area (Å²) >= 11 is 0. The zero-order valence-corrected chi connectivity index (χ0v) is 31.3. The summed E-state index contributed by atoms with van der Waals surface area (Å²) < 4.78 is 22.4. The van der Waals surface area contributed by atoms with E-state index in [0.29, 0.717) is 0 Å². The van der Waals surface area contributed by atoms with E-state index in [1.54, 1.807) is 28.4 Å². The molecule has 0 fully saturated rings. The Bertz CT molecular complexity index is 2660. The van der Waals surface area contributed by atoms with E-state index in [1.807, 2.05) is 85.0 Å². The summed E-state index contributed by atoms with van der Waals surface area (Å²) in [7, 11) is 6.69. The smallest absolute Gasteiger partial charge is 0.118 e. The van der Waals surface area contributed by atoms with Crippen LogP contribution in [0.25, 0.3) is 22.3 Å². The van der Waals surface area contributed by atoms with Crippen molar-refractivity contribution >= 4 is 45.1 Å². The molecule has 5 heterocycles. The van der Waals surface area contributed by atoms with Gasteiger partial charge in [-0.15, -0.1) is 0 Å². The van der Waals surface area contributed by atoms with Crippen LogP contribution in [0.3, 0.4) is 0 Å². The minimum Gasteiger partial charge on any atom is -0.497 e. The Balaban J connectivity index is 1.41. The molecular weight excluding hydrogens is 697 g/mol. The van der Waals surface area contributed by atoms with Crippen LogP contribution in [0.15, 0.2) is 188 Å². The normalized spacial score (nSPS) is 16.8. The van der Waals surface area contributed by atoms with Crippen LogP contribution < -0.4 is 18.9 Å². The topological polar surface area (TPSA) is 86.4 Å². The van der Waals surface area contributed by atoms with E-state index in [4.69, 9.17) is 38.9 Å². The van der Waals surface area contributed by atoms with E-state index in [0.717, 1.165) is 113 Å². The molecular formula is C48H36N4O4. The molecule has 0 radical (unpaired) electrons. The molecule has 0 aromatic heterocycles. The van der Waals surface area contributed by atoms with Crippen molar-refractivity contribution in [2.24, 2.45) is 20.0 Å². The molecule has 0 saturated carbocycles. The van der Waals surface area contributed by atoms with E-state index in [-0.39, 0.29) is 0 Å². The molecule has 8 bridgehead atoms. The molecule has 4 aromatic carbocycles. The maximum absolute atomic E-state index is 5.62. The summed E-state index contributed by atoms with van der Waals surface area (Å²) in [6, 6.07) is 32.4. The number of nitrogens with zero attached hydrogens (tertiary/aromatic N) is 4. The third-order valence-electron chi connectivity index (χ3n) is 10.0. The maximum Gasteiger partial charge on any atom is 0.118 e. The standard InChI is InChI=1S/C48H36N4O4/c1-53-38-17-5-29(6-18-38)42-27-37-26-35-14-13-33(49-35)25-34-15-16-36(50-34)28-43-44(30-7-19-39(54-2)20-8-30)45(31-9-21-40(55-3)22-10-31)48(52-43)46(47(42)51-37)32-11-23-41(56-4)24-12-32/h5-28H,1-4H3. The van der Waals surface area contributed by atoms with Crippen LogP contribution in [-0.4, -0.2) is 51.3 Å². The van der Waals surface area contributed by atoms with Gasteiger partial charge >= 0.3 is 0 Å². The van der Waals surface area contributed by atoms with Gasteiger partial charge in [0.2, 0.25) is 0 Å². The van der Waals surface area contributed by atoms with Gasteiger partial charge in [0.05, 0.1) is 74.1 Å². The van der Waals surface area contributed by atoms with Gasteiger partial charge < -0.3 is 18.9 Å². The lowest BCUT2D eigenvalue weighted by atomic mass is 9.86. The molecule has 0 atom stereocenters. The summed E-state index contributed by atoms with van der Waals surface area (Å²) in [5.74, 6) is 3.03. The first kappa shape index (κ1) is 34.4. The van der Waals surface area contributed by atoms with Gasteiger partial charge in [-0.05, 0) is 119 Å². The van der Waals surface area contributed by atoms with E-state index in [1.165, 1.54) is 0 Å². The Kier molecular flexibility index (Phi) is 8.91. The van der Waals surface area contributed by atoms with Crippen molar-refractivity contribution in [3.63, 3.8) is 0 Å². The average molecular weight is 733 g/mol. The van der Waals surface area contributed by atoms with Crippen molar-refractivity contribution in [2.75, 3.05) is 28.4 Å². The van der Waals surface area contributed by atoms with Crippen molar-refractivity contribution in [3.05, 3.63) is 191 Å². The minimum absolute atomic E-state index is 0.745. The van der Waals surface area contributed by atoms with Crippen LogP contribution in [0.2, 0.25) is 0 Å². The second-order valence-electron chi connectivity index (χ2n) is 13.4. The molecule has 5 aliphatic rings. The molecule has 0 unspecified atom stereocenters. The first-order valence-corrected chi connectivity index (χ1v) is 18.2. The van der Waals surface area contributed by atoms with Gasteiger partial charge in [0.25, 0.3) is 0 Å². The van der Waals surface area contributed by atoms with Gasteiger partial charge in [0.15, 0.2) is 0 Å². The molecule has 4 aromatic rings. The fourth-order valence-electron chi connectivity index (χ4n) is 7.24. The highest BCUT2D eigenvalue weighted by atomic mass is 16.5. The van der Waals surface area contributed by atoms with Crippen LogP contribution in [0.4, 0.5) is 0 Å². The Morgan fingerprint density at radius 2 is 0.786 bits per heavy atom. The first-order chi connectivity index (χ1) is 27.5. The fourth-order valence-corrected chi connectivity index (χ4v) is 7.24. The summed E-state index contributed by atoms with van der Waals surface area (Å²) in [4.78, 5) is 20.9. The number of rotatable bonds is 8. The Labute approximate surface area is 325 Å². The molecule has 56 heavy (non-hydrogen) atoms. The zero-order chi connectivity index (χ0) is 38.2. The largest absolute Gasteiger partial charge is 0.497 e. The van der Waals surface area contributed by atoms with Gasteiger partial charge in [-0.2, -0.15) is 0 Å². The lowest BCUT2D eigenvalue weighted by Crippen LogP contribution is -2.07. The number of hydrogen-bond donors (Lipinski definition) is 0. The number of aliphatic imine (C=N–C) groups is 4. The quantitative estimate of drug-likeness (QED) is 0.181. The highest BCUT2D eigenvalue weighted by Gasteiger charge is 2.33. The molecule has 8 nitrogen and oxygen atoms in total. The lowest BCUT2D eigenvalue weighted by Gasteiger charge is -2.18. The van der Waals surface area contributed by atoms with Gasteiger partial charge in [-0.25, -0.2) is 20.0 Å². The van der Waals surface area contributed by atoms with Crippen molar-refractivity contribution in [1.82, 2.24) is 0 Å². The molecule has 0 spiro atoms. The zero-order valence-electron chi connectivity index (χ0n) is 31.3. The number of hydrogen-bond acceptors (Lipinski definition) is 8. The molecule has 272 valence electrons. The number of ether oxygens (including phenoxy) is 4. The van der Waals surface area contributed by atoms with Gasteiger partial charge in [0, 0.05) is 22.3 Å². The van der Waals surface area contributed by atoms with Gasteiger partial charge in [-0.1, -0.05) is 48.5 Å². The fraction of sp³-hybridized carbons (Fsp3) is 0.0833. The van der Waals surface area contributed by atoms with Crippen LogP contribution in [0.1, 0.15) is 22.3 Å². The van der Waals surface area contributed by atoms with Crippen molar-refractivity contribution in [2.45, 2.75) is 0 Å². The van der Waals surface area contributed by atoms with E-state index in [9.17, 15) is 0 Å². The minimum atomic E-state index is 0.745. The van der Waals surface area contributed by atoms with Crippen LogP contribution in [0.5, 0.6) is 23.0 Å². The summed E-state index contributed by atoms with van der Waals surface area (Å²) in [5.41, 5.74) is 13.8. The first-order valence-electron chi connectivity index (χ1n) is 18.2. The Morgan fingerprint density at radius 3 is 1.29 bits per heavy atom. The number of methoxy groups -OCH3 is 4. The molecule has 9 rings (SSSR count). The molecule has 8 heteroatoms. The van der Waals surface area contributed by atoms with Gasteiger partial charge in [0.1, 0.15) is 23.0 Å². The summed E-state index contributed by atoms with van der Waals surface area (Å²) in [6.45, 7) is 0. The molecule has 0 saturated heterocycles. The Morgan fingerprint density at radius 1 is 0.357 bits per heavy atom. The predicted octanol–water partition coefficient (Wildman–Crippen LogP) is 9.72. The van der Waals surface area contributed by atoms with Crippen molar-refractivity contribution < 1.29 is 18.9 Å². The predicted molar refractivity (Wildman–Crippen MR) is 226 cm³/mol. The highest BCUT2D eigenvalue weighted by Crippen LogP contribution is 2.47. The Hall–Kier alpha value is -7.32. The van der Waals surface area contributed by atoms with Gasteiger partial charge in [-0.3, -0.25) is 0 Å². The van der Waals surface area contributed by atoms with Crippen LogP contribution >= 0.6 is 0 Å². The van der Waals surface area contributed by atoms with E-state index in [2.05, 4.69) is 60.7 Å². The number of allylic oxidation sites excluding steroid dienone is 12. The molecule has 5 aliphatic heterocycles. The van der Waals surface area contributed by atoms with Crippen LogP contribution in [-0.2, 0) is 0 Å². The monoisotopic (exact) mass is 732 g/mol. The van der Waals surface area contributed by atoms with E-state index < -0.39 is 0 Å². The SMILES string of the molecule is COc1ccc(C2=CC3=CC4=NC(=CC5=NC(=CC6=NC(=C(c7ccc(OC)cc7)C2=N3)C(c2ccc(OC)cc2)=C6c2ccc(OC)cc2)C=C5)C=C4)cc1. The molecule has 0 N–H and O–H groups in total. The summed E-state index contributed by atoms with van der Waals surface area (Å²) in [6.07, 6.45) is 16.2. The average Bonchev–Trinajstić information content (AvgIpc) is 4.06. The molecule has 0 aliphatic carbocycles. The highest BCUT2D eigenvalue weighted by molar-refractivity contribution is 6.50. The second kappa shape index (κ2) is 14.5. The lowest BCUT2D eigenvalue weighted by molar-refractivity contribution is 0.414. The van der Waals surface area contributed by atoms with Crippen molar-refractivity contribution in [3.8, 4) is 23.0 Å².